The summed E-state index contributed by atoms with van der Waals surface area (Å²) in [6.07, 6.45) is 10.1. The van der Waals surface area contributed by atoms with Gasteiger partial charge in [-0.1, -0.05) is 25.2 Å². The summed E-state index contributed by atoms with van der Waals surface area (Å²) in [5.41, 5.74) is 9.99. The molecule has 3 rings (SSSR count). The Bertz CT molecular complexity index is 865. The van der Waals surface area contributed by atoms with Crippen molar-refractivity contribution < 1.29 is 5.11 Å². The van der Waals surface area contributed by atoms with E-state index in [-0.39, 0.29) is 5.41 Å². The Hall–Kier alpha value is -2.60. The van der Waals surface area contributed by atoms with Gasteiger partial charge in [0.25, 0.3) is 0 Å². The van der Waals surface area contributed by atoms with Crippen molar-refractivity contribution in [3.05, 3.63) is 48.0 Å². The van der Waals surface area contributed by atoms with Crippen molar-refractivity contribution in [2.24, 2.45) is 10.4 Å². The molecule has 4 N–H and O–H groups in total. The first-order valence-corrected chi connectivity index (χ1v) is 10.2. The number of nitrogens with one attached hydrogen (secondary N) is 1. The lowest BCUT2D eigenvalue weighted by Crippen LogP contribution is -2.66. The van der Waals surface area contributed by atoms with Crippen molar-refractivity contribution in [2.75, 3.05) is 24.1 Å². The minimum Gasteiger partial charge on any atom is -0.398 e. The molecule has 2 heterocycles. The van der Waals surface area contributed by atoms with E-state index in [0.717, 1.165) is 43.6 Å². The van der Waals surface area contributed by atoms with Crippen LogP contribution in [-0.2, 0) is 0 Å². The summed E-state index contributed by atoms with van der Waals surface area (Å²) in [4.78, 5) is 11.1. The van der Waals surface area contributed by atoms with E-state index in [1.54, 1.807) is 6.20 Å². The van der Waals surface area contributed by atoms with Gasteiger partial charge in [-0.15, -0.1) is 0 Å². The molecule has 29 heavy (non-hydrogen) atoms. The quantitative estimate of drug-likeness (QED) is 0.497. The van der Waals surface area contributed by atoms with Crippen LogP contribution < -0.4 is 11.1 Å². The second-order valence-electron chi connectivity index (χ2n) is 8.86. The molecule has 1 aromatic rings. The van der Waals surface area contributed by atoms with Crippen molar-refractivity contribution in [3.8, 4) is 0 Å². The molecule has 2 aliphatic rings. The lowest BCUT2D eigenvalue weighted by molar-refractivity contribution is -0.172. The van der Waals surface area contributed by atoms with E-state index >= 15 is 0 Å². The molecule has 1 saturated carbocycles. The van der Waals surface area contributed by atoms with Crippen LogP contribution in [0.25, 0.3) is 6.08 Å². The second-order valence-corrected chi connectivity index (χ2v) is 8.86. The van der Waals surface area contributed by atoms with Crippen LogP contribution in [-0.4, -0.2) is 39.5 Å². The van der Waals surface area contributed by atoms with Crippen molar-refractivity contribution in [3.63, 3.8) is 0 Å². The Balaban J connectivity index is 1.66. The molecule has 1 aliphatic carbocycles. The van der Waals surface area contributed by atoms with Crippen LogP contribution in [0.15, 0.2) is 47.4 Å². The number of aliphatic hydroxyl groups is 1. The fourth-order valence-electron chi connectivity index (χ4n) is 4.46. The number of aromatic nitrogens is 1. The summed E-state index contributed by atoms with van der Waals surface area (Å²) in [6.45, 7) is 13.9. The van der Waals surface area contributed by atoms with Gasteiger partial charge in [-0.25, -0.2) is 9.98 Å². The van der Waals surface area contributed by atoms with Crippen LogP contribution in [0.2, 0.25) is 0 Å². The van der Waals surface area contributed by atoms with Gasteiger partial charge in [-0.2, -0.15) is 0 Å². The number of nitrogens with zero attached hydrogens (tertiary/aromatic N) is 3. The Labute approximate surface area is 173 Å². The molecule has 2 fully saturated rings. The predicted molar refractivity (Wildman–Crippen MR) is 121 cm³/mol. The van der Waals surface area contributed by atoms with E-state index in [4.69, 9.17) is 5.73 Å². The zero-order chi connectivity index (χ0) is 21.2. The van der Waals surface area contributed by atoms with E-state index < -0.39 is 5.60 Å². The van der Waals surface area contributed by atoms with Crippen molar-refractivity contribution in [2.45, 2.75) is 52.6 Å². The largest absolute Gasteiger partial charge is 0.398 e. The number of hydrogen-bond acceptors (Lipinski definition) is 5. The molecule has 6 heteroatoms. The highest BCUT2D eigenvalue weighted by Gasteiger charge is 2.57. The van der Waals surface area contributed by atoms with Crippen molar-refractivity contribution in [1.82, 2.24) is 9.88 Å². The van der Waals surface area contributed by atoms with Gasteiger partial charge in [0.15, 0.2) is 0 Å². The molecule has 0 aromatic carbocycles. The van der Waals surface area contributed by atoms with E-state index in [0.29, 0.717) is 17.3 Å². The molecule has 1 spiro atoms. The zero-order valence-electron chi connectivity index (χ0n) is 18.0. The number of nitrogen functional groups attached to an aromatic ring is 1. The Morgan fingerprint density at radius 3 is 2.66 bits per heavy atom. The summed E-state index contributed by atoms with van der Waals surface area (Å²) in [6, 6.07) is 1.83. The maximum Gasteiger partial charge on any atom is 0.133 e. The minimum atomic E-state index is -0.483. The number of hydrogen-bond donors (Lipinski definition) is 3. The molecule has 0 atom stereocenters. The third kappa shape index (κ3) is 4.88. The van der Waals surface area contributed by atoms with Gasteiger partial charge >= 0.3 is 0 Å². The minimum absolute atomic E-state index is 0.289. The number of nitrogens with two attached hydrogens (primary N) is 1. The fraction of sp³-hybridized carbons (Fsp3) is 0.478. The SMILES string of the molecule is C=CN=C(/C=C(\C)N1CC2(C1)CC(C)(O)C2)Nc1cc(N)c(/C=C(\C)CC)cn1. The zero-order valence-corrected chi connectivity index (χ0v) is 18.0. The van der Waals surface area contributed by atoms with Crippen LogP contribution in [0.1, 0.15) is 52.5 Å². The van der Waals surface area contributed by atoms with Crippen LogP contribution >= 0.6 is 0 Å². The van der Waals surface area contributed by atoms with Gasteiger partial charge in [0, 0.05) is 53.9 Å². The van der Waals surface area contributed by atoms with Gasteiger partial charge < -0.3 is 21.1 Å². The average Bonchev–Trinajstić information content (AvgIpc) is 2.59. The maximum absolute atomic E-state index is 10.0. The van der Waals surface area contributed by atoms with E-state index in [2.05, 4.69) is 53.6 Å². The van der Waals surface area contributed by atoms with Crippen LogP contribution in [0.3, 0.4) is 0 Å². The molecule has 1 aromatic heterocycles. The molecule has 0 amide bonds. The summed E-state index contributed by atoms with van der Waals surface area (Å²) in [5.74, 6) is 1.31. The van der Waals surface area contributed by atoms with E-state index in [1.165, 1.54) is 11.8 Å². The molecule has 1 saturated heterocycles. The molecular weight excluding hydrogens is 362 g/mol. The summed E-state index contributed by atoms with van der Waals surface area (Å²) >= 11 is 0. The number of likely N-dealkylation sites (tertiary alicyclic amines) is 1. The number of aliphatic imine (C=N–C) groups is 1. The van der Waals surface area contributed by atoms with Crippen LogP contribution in [0.5, 0.6) is 0 Å². The summed E-state index contributed by atoms with van der Waals surface area (Å²) in [5, 5.41) is 13.3. The highest BCUT2D eigenvalue weighted by molar-refractivity contribution is 6.04. The molecular formula is C23H33N5O. The predicted octanol–water partition coefficient (Wildman–Crippen LogP) is 4.18. The van der Waals surface area contributed by atoms with Crippen LogP contribution in [0, 0.1) is 5.41 Å². The lowest BCUT2D eigenvalue weighted by Gasteiger charge is -2.62. The van der Waals surface area contributed by atoms with Gasteiger partial charge in [0.2, 0.25) is 0 Å². The van der Waals surface area contributed by atoms with Gasteiger partial charge in [0.05, 0.1) is 5.60 Å². The smallest absolute Gasteiger partial charge is 0.133 e. The topological polar surface area (TPSA) is 86.8 Å². The highest BCUT2D eigenvalue weighted by atomic mass is 16.3. The second kappa shape index (κ2) is 8.03. The standard InChI is InChI=1S/C23H33N5O/c1-6-16(3)8-18-11-26-21(10-19(18)24)27-20(25-7-2)9-17(4)28-14-23(15-28)12-22(5,29)13-23/h7-11,29H,2,6,12-15H2,1,3-5H3,(H3,24,25,26,27)/b16-8+,17-9+. The molecule has 0 radical (unpaired) electrons. The normalized spacial score (nSPS) is 20.9. The maximum atomic E-state index is 10.0. The lowest BCUT2D eigenvalue weighted by atomic mass is 9.56. The molecule has 156 valence electrons. The Morgan fingerprint density at radius 2 is 2.10 bits per heavy atom. The average molecular weight is 396 g/mol. The summed E-state index contributed by atoms with van der Waals surface area (Å²) in [7, 11) is 0. The van der Waals surface area contributed by atoms with E-state index in [9.17, 15) is 5.11 Å². The van der Waals surface area contributed by atoms with Crippen LogP contribution in [0.4, 0.5) is 11.5 Å². The number of anilines is 2. The third-order valence-electron chi connectivity index (χ3n) is 5.82. The van der Waals surface area contributed by atoms with Gasteiger partial charge in [-0.05, 0) is 46.1 Å². The highest BCUT2D eigenvalue weighted by Crippen LogP contribution is 2.54. The Kier molecular flexibility index (Phi) is 5.85. The first-order chi connectivity index (χ1) is 13.6. The first kappa shape index (κ1) is 21.1. The molecule has 1 aliphatic heterocycles. The summed E-state index contributed by atoms with van der Waals surface area (Å²) < 4.78 is 0. The molecule has 0 unspecified atom stereocenters. The fourth-order valence-corrected chi connectivity index (χ4v) is 4.46. The van der Waals surface area contributed by atoms with Crippen molar-refractivity contribution >= 4 is 23.4 Å². The Morgan fingerprint density at radius 1 is 1.41 bits per heavy atom. The first-order valence-electron chi connectivity index (χ1n) is 10.2. The molecule has 0 bridgehead atoms. The van der Waals surface area contributed by atoms with Gasteiger partial charge in [0.1, 0.15) is 11.7 Å². The van der Waals surface area contributed by atoms with Crippen molar-refractivity contribution in [1.29, 1.82) is 0 Å². The number of pyridine rings is 1. The number of rotatable bonds is 6. The molecule has 6 nitrogen and oxygen atoms in total. The van der Waals surface area contributed by atoms with E-state index in [1.807, 2.05) is 19.1 Å². The number of amidine groups is 1. The number of allylic oxidation sites excluding steroid dienone is 2. The monoisotopic (exact) mass is 395 g/mol. The third-order valence-corrected chi connectivity index (χ3v) is 5.82. The van der Waals surface area contributed by atoms with Gasteiger partial charge in [-0.3, -0.25) is 0 Å².